The number of rotatable bonds is 7. The summed E-state index contributed by atoms with van der Waals surface area (Å²) in [6.45, 7) is 3.33. The lowest BCUT2D eigenvalue weighted by Crippen LogP contribution is -2.38. The van der Waals surface area contributed by atoms with E-state index in [2.05, 4.69) is 0 Å². The van der Waals surface area contributed by atoms with Crippen LogP contribution in [0.25, 0.3) is 0 Å². The topological polar surface area (TPSA) is 76.1 Å². The van der Waals surface area contributed by atoms with Crippen molar-refractivity contribution in [3.8, 4) is 11.5 Å². The number of nitrogens with zero attached hydrogens (tertiary/aromatic N) is 1. The second-order valence-electron chi connectivity index (χ2n) is 4.45. The zero-order chi connectivity index (χ0) is 15.3. The van der Waals surface area contributed by atoms with Gasteiger partial charge in [-0.05, 0) is 26.0 Å². The molecule has 0 spiro atoms. The molecule has 1 rings (SSSR count). The predicted octanol–water partition coefficient (Wildman–Crippen LogP) is 1.10. The number of hydrogen-bond acceptors (Lipinski definition) is 5. The lowest BCUT2D eigenvalue weighted by atomic mass is 10.3. The fourth-order valence-corrected chi connectivity index (χ4v) is 3.51. The van der Waals surface area contributed by atoms with Gasteiger partial charge in [0.15, 0.2) is 11.5 Å². The van der Waals surface area contributed by atoms with Gasteiger partial charge in [-0.25, -0.2) is 8.42 Å². The Kier molecular flexibility index (Phi) is 5.79. The van der Waals surface area contributed by atoms with Crippen molar-refractivity contribution in [3.63, 3.8) is 0 Å². The Morgan fingerprint density at radius 3 is 2.25 bits per heavy atom. The fraction of sp³-hybridized carbons (Fsp3) is 0.538. The van der Waals surface area contributed by atoms with Gasteiger partial charge in [-0.15, -0.1) is 0 Å². The molecular weight excluding hydrogens is 282 g/mol. The van der Waals surface area contributed by atoms with E-state index in [4.69, 9.17) is 14.6 Å². The first-order chi connectivity index (χ1) is 9.38. The van der Waals surface area contributed by atoms with Gasteiger partial charge in [0.05, 0.1) is 25.7 Å². The quantitative estimate of drug-likeness (QED) is 0.816. The van der Waals surface area contributed by atoms with Crippen LogP contribution in [0, 0.1) is 0 Å². The van der Waals surface area contributed by atoms with E-state index in [1.54, 1.807) is 19.9 Å². The second kappa shape index (κ2) is 6.92. The van der Waals surface area contributed by atoms with Crippen LogP contribution in [0.1, 0.15) is 13.8 Å². The Bertz CT molecular complexity index is 542. The molecule has 6 nitrogen and oxygen atoms in total. The summed E-state index contributed by atoms with van der Waals surface area (Å²) in [5.41, 5.74) is 0. The van der Waals surface area contributed by atoms with E-state index in [1.807, 2.05) is 0 Å². The highest BCUT2D eigenvalue weighted by Crippen LogP contribution is 2.30. The SMILES string of the molecule is COc1ccc(S(=O)(=O)N(CCO)C(C)C)cc1OC. The Hall–Kier alpha value is -1.31. The van der Waals surface area contributed by atoms with E-state index in [-0.39, 0.29) is 24.1 Å². The van der Waals surface area contributed by atoms with Crippen molar-refractivity contribution < 1.29 is 23.0 Å². The Morgan fingerprint density at radius 2 is 1.80 bits per heavy atom. The molecule has 114 valence electrons. The Morgan fingerprint density at radius 1 is 1.20 bits per heavy atom. The van der Waals surface area contributed by atoms with Gasteiger partial charge in [-0.1, -0.05) is 0 Å². The highest BCUT2D eigenvalue weighted by atomic mass is 32.2. The molecule has 1 aromatic rings. The minimum atomic E-state index is -3.68. The minimum absolute atomic E-state index is 0.0499. The maximum atomic E-state index is 12.5. The van der Waals surface area contributed by atoms with Crippen molar-refractivity contribution in [2.75, 3.05) is 27.4 Å². The number of aliphatic hydroxyl groups is 1. The average molecular weight is 303 g/mol. The van der Waals surface area contributed by atoms with Crippen LogP contribution < -0.4 is 9.47 Å². The summed E-state index contributed by atoms with van der Waals surface area (Å²) in [5.74, 6) is 0.811. The Labute approximate surface area is 120 Å². The molecule has 0 heterocycles. The van der Waals surface area contributed by atoms with Crippen LogP contribution in [0.15, 0.2) is 23.1 Å². The van der Waals surface area contributed by atoms with E-state index < -0.39 is 10.0 Å². The highest BCUT2D eigenvalue weighted by Gasteiger charge is 2.27. The molecule has 0 fully saturated rings. The zero-order valence-electron chi connectivity index (χ0n) is 12.2. The number of benzene rings is 1. The van der Waals surface area contributed by atoms with Gasteiger partial charge in [-0.2, -0.15) is 4.31 Å². The molecule has 0 unspecified atom stereocenters. The van der Waals surface area contributed by atoms with Crippen LogP contribution in [-0.4, -0.2) is 51.2 Å². The molecule has 0 aliphatic heterocycles. The first kappa shape index (κ1) is 16.7. The third-order valence-electron chi connectivity index (χ3n) is 2.86. The molecule has 1 aromatic carbocycles. The molecule has 0 aromatic heterocycles. The summed E-state index contributed by atoms with van der Waals surface area (Å²) >= 11 is 0. The maximum Gasteiger partial charge on any atom is 0.243 e. The van der Waals surface area contributed by atoms with E-state index >= 15 is 0 Å². The normalized spacial score (nSPS) is 11.9. The van der Waals surface area contributed by atoms with E-state index in [0.29, 0.717) is 11.5 Å². The van der Waals surface area contributed by atoms with Crippen LogP contribution in [-0.2, 0) is 10.0 Å². The molecule has 0 amide bonds. The fourth-order valence-electron chi connectivity index (χ4n) is 1.87. The standard InChI is InChI=1S/C13H21NO5S/c1-10(2)14(7-8-15)20(16,17)11-5-6-12(18-3)13(9-11)19-4/h5-6,9-10,15H,7-8H2,1-4H3. The molecule has 0 saturated carbocycles. The lowest BCUT2D eigenvalue weighted by Gasteiger charge is -2.25. The van der Waals surface area contributed by atoms with Gasteiger partial charge in [-0.3, -0.25) is 0 Å². The summed E-state index contributed by atoms with van der Waals surface area (Å²) in [6.07, 6.45) is 0. The number of hydrogen-bond donors (Lipinski definition) is 1. The van der Waals surface area contributed by atoms with Crippen molar-refractivity contribution in [3.05, 3.63) is 18.2 Å². The van der Waals surface area contributed by atoms with Gasteiger partial charge in [0.1, 0.15) is 0 Å². The summed E-state index contributed by atoms with van der Waals surface area (Å²) in [5, 5.41) is 9.03. The smallest absolute Gasteiger partial charge is 0.243 e. The van der Waals surface area contributed by atoms with E-state index in [0.717, 1.165) is 0 Å². The summed E-state index contributed by atoms with van der Waals surface area (Å²) in [4.78, 5) is 0.109. The van der Waals surface area contributed by atoms with Gasteiger partial charge in [0.2, 0.25) is 10.0 Å². The van der Waals surface area contributed by atoms with E-state index in [1.165, 1.54) is 30.7 Å². The number of methoxy groups -OCH3 is 2. The predicted molar refractivity (Wildman–Crippen MR) is 75.7 cm³/mol. The molecule has 20 heavy (non-hydrogen) atoms. The van der Waals surface area contributed by atoms with Gasteiger partial charge >= 0.3 is 0 Å². The molecule has 0 saturated heterocycles. The van der Waals surface area contributed by atoms with Gasteiger partial charge in [0.25, 0.3) is 0 Å². The average Bonchev–Trinajstić information content (AvgIpc) is 2.43. The van der Waals surface area contributed by atoms with Crippen LogP contribution in [0.5, 0.6) is 11.5 Å². The van der Waals surface area contributed by atoms with Crippen molar-refractivity contribution in [2.45, 2.75) is 24.8 Å². The highest BCUT2D eigenvalue weighted by molar-refractivity contribution is 7.89. The van der Waals surface area contributed by atoms with Crippen LogP contribution in [0.2, 0.25) is 0 Å². The van der Waals surface area contributed by atoms with Gasteiger partial charge < -0.3 is 14.6 Å². The first-order valence-electron chi connectivity index (χ1n) is 6.23. The lowest BCUT2D eigenvalue weighted by molar-refractivity contribution is 0.236. The van der Waals surface area contributed by atoms with Crippen LogP contribution >= 0.6 is 0 Å². The zero-order valence-corrected chi connectivity index (χ0v) is 13.0. The monoisotopic (exact) mass is 303 g/mol. The number of aliphatic hydroxyl groups excluding tert-OH is 1. The molecule has 7 heteroatoms. The van der Waals surface area contributed by atoms with Gasteiger partial charge in [0, 0.05) is 18.7 Å². The summed E-state index contributed by atoms with van der Waals surface area (Å²) in [7, 11) is -0.751. The summed E-state index contributed by atoms with van der Waals surface area (Å²) < 4.78 is 36.5. The van der Waals surface area contributed by atoms with E-state index in [9.17, 15) is 8.42 Å². The third-order valence-corrected chi connectivity index (χ3v) is 4.93. The largest absolute Gasteiger partial charge is 0.493 e. The van der Waals surface area contributed by atoms with Crippen molar-refractivity contribution in [2.24, 2.45) is 0 Å². The third kappa shape index (κ3) is 3.41. The molecule has 0 atom stereocenters. The van der Waals surface area contributed by atoms with Crippen molar-refractivity contribution in [1.82, 2.24) is 4.31 Å². The van der Waals surface area contributed by atoms with Crippen LogP contribution in [0.3, 0.4) is 0 Å². The minimum Gasteiger partial charge on any atom is -0.493 e. The molecule has 0 aliphatic rings. The number of sulfonamides is 1. The molecular formula is C13H21NO5S. The molecule has 0 radical (unpaired) electrons. The maximum absolute atomic E-state index is 12.5. The second-order valence-corrected chi connectivity index (χ2v) is 6.34. The molecule has 0 bridgehead atoms. The molecule has 0 aliphatic carbocycles. The van der Waals surface area contributed by atoms with Crippen molar-refractivity contribution in [1.29, 1.82) is 0 Å². The summed E-state index contributed by atoms with van der Waals surface area (Å²) in [6, 6.07) is 4.17. The van der Waals surface area contributed by atoms with Crippen molar-refractivity contribution >= 4 is 10.0 Å². The van der Waals surface area contributed by atoms with Crippen LogP contribution in [0.4, 0.5) is 0 Å². The Balaban J connectivity index is 3.27. The molecule has 1 N–H and O–H groups in total. The number of ether oxygens (including phenoxy) is 2. The first-order valence-corrected chi connectivity index (χ1v) is 7.67.